The van der Waals surface area contributed by atoms with Gasteiger partial charge in [0, 0.05) is 121 Å². The molecule has 1 saturated heterocycles. The Morgan fingerprint density at radius 3 is 2.31 bits per heavy atom. The van der Waals surface area contributed by atoms with E-state index in [1.165, 1.54) is 46.4 Å². The molecule has 576 valence electrons. The Morgan fingerprint density at radius 1 is 0.857 bits per heavy atom. The summed E-state index contributed by atoms with van der Waals surface area (Å²) < 4.78 is 90.6. The number of ketones is 1. The zero-order chi connectivity index (χ0) is 75.6. The monoisotopic (exact) mass is 1600 g/mol. The molecular weight excluding hydrogens is 1510 g/mol. The van der Waals surface area contributed by atoms with Crippen LogP contribution in [0.2, 0.25) is 0 Å². The largest absolute Gasteiger partial charge is 0.490 e. The minimum atomic E-state index is -5.71. The maximum atomic E-state index is 13.9. The number of benzene rings is 3. The second kappa shape index (κ2) is 38.9. The molecule has 6 aliphatic heterocycles. The van der Waals surface area contributed by atoms with Gasteiger partial charge >= 0.3 is 41.1 Å². The first kappa shape index (κ1) is 83.7. The van der Waals surface area contributed by atoms with E-state index in [-0.39, 0.29) is 58.9 Å². The quantitative estimate of drug-likeness (QED) is 0.00331. The van der Waals surface area contributed by atoms with E-state index in [1.54, 1.807) is 40.8 Å². The number of amides is 1. The lowest BCUT2D eigenvalue weighted by Crippen LogP contribution is -2.45. The summed E-state index contributed by atoms with van der Waals surface area (Å²) in [5.41, 5.74) is 7.79. The number of phosphoric ester groups is 1. The molecule has 6 atom stereocenters. The first-order chi connectivity index (χ1) is 50.0. The first-order valence-corrected chi connectivity index (χ1v) is 44.0. The number of fused-ring (bicyclic) bond motifs is 4. The van der Waals surface area contributed by atoms with Crippen molar-refractivity contribution in [2.45, 2.75) is 141 Å². The Bertz CT molecular complexity index is 4350. The standard InChI is InChI=1S/C52H65N3O10S2.C16H26N3O14P3S2/c1-34(56)64-26-9-25-63-33-66-67-52(2,3)18-17-45(58)53-19-27-62-29-28-61-24-8-14-44(57)35-15-16-38(51(59)60)41(30-35)46-42-31-36-10-4-20-54-22-6-12-39(47(36)54)49(42)65-50-40-13-7-23-55-21-5-11-37(48(40)55)32-43(46)50;1-3-38(37)10-29-12-7-14(19-8-11(5-4-6-17-2)15(20)18-16(19)21)31-13(12)9-30-35(25,26)33-36(27,28)32-34(22,23)24/h15-16,30-32H,4-14,17-29,33H2,1-3H3,(H-,53,58,59,60);8,12-14,17H,3,6-7,9-10H2,1-2H3,(H,25,26)(H,27,28)(H,18,20,21)(H2,22,23,24)/p+1/t;12?,13-,14-,38?/m.1/s1. The van der Waals surface area contributed by atoms with Crippen molar-refractivity contribution < 1.29 is 104 Å². The number of aromatic amines is 1. The number of esters is 1. The molecular formula is C68H92N6O24P3S4+. The fourth-order valence-corrected chi connectivity index (χ4v) is 19.1. The topological polar surface area (TPSA) is 398 Å². The number of hydrogen-bond acceptors (Lipinski definition) is 24. The number of carboxylic acids is 1. The number of hydrogen-bond donors (Lipinski definition) is 8. The second-order valence-corrected chi connectivity index (χ2v) is 36.5. The number of nitrogens with zero attached hydrogens (tertiary/aromatic N) is 3. The van der Waals surface area contributed by atoms with Gasteiger partial charge < -0.3 is 73.4 Å². The van der Waals surface area contributed by atoms with Gasteiger partial charge in [-0.3, -0.25) is 33.3 Å². The number of carbonyl (C=O) groups excluding carboxylic acids is 3. The minimum Gasteiger partial charge on any atom is -0.478 e. The number of phosphoric acid groups is 3. The van der Waals surface area contributed by atoms with Gasteiger partial charge in [0.05, 0.1) is 69.4 Å². The van der Waals surface area contributed by atoms with Gasteiger partial charge in [-0.1, -0.05) is 55.9 Å². The van der Waals surface area contributed by atoms with Gasteiger partial charge in [-0.05, 0) is 125 Å². The van der Waals surface area contributed by atoms with Gasteiger partial charge in [0.1, 0.15) is 48.4 Å². The summed E-state index contributed by atoms with van der Waals surface area (Å²) in [6, 6.07) is 9.61. The molecule has 1 amide bonds. The van der Waals surface area contributed by atoms with E-state index < -0.39 is 75.2 Å². The van der Waals surface area contributed by atoms with Crippen LogP contribution in [0.5, 0.6) is 11.5 Å². The van der Waals surface area contributed by atoms with E-state index >= 15 is 0 Å². The van der Waals surface area contributed by atoms with Gasteiger partial charge in [0.25, 0.3) is 5.56 Å². The highest BCUT2D eigenvalue weighted by Crippen LogP contribution is 2.66. The molecule has 1 aromatic heterocycles. The van der Waals surface area contributed by atoms with Crippen molar-refractivity contribution in [1.82, 2.24) is 24.8 Å². The van der Waals surface area contributed by atoms with Gasteiger partial charge in [0.15, 0.2) is 5.78 Å². The maximum Gasteiger partial charge on any atom is 0.490 e. The number of Topliss-reactive ketones (excluding diaryl/α,β-unsaturated/α-hetero) is 1. The highest BCUT2D eigenvalue weighted by atomic mass is 33.1. The number of carbonyl (C=O) groups is 4. The summed E-state index contributed by atoms with van der Waals surface area (Å²) in [6.45, 7) is 13.9. The molecule has 4 unspecified atom stereocenters. The molecule has 30 nitrogen and oxygen atoms in total. The number of ether oxygens (including phenoxy) is 7. The lowest BCUT2D eigenvalue weighted by atomic mass is 9.81. The Balaban J connectivity index is 0.000000286. The molecule has 0 bridgehead atoms. The molecule has 1 fully saturated rings. The third-order valence-electron chi connectivity index (χ3n) is 17.8. The van der Waals surface area contributed by atoms with Gasteiger partial charge in [-0.15, -0.1) is 0 Å². The number of nitrogens with one attached hydrogen (secondary N) is 3. The lowest BCUT2D eigenvalue weighted by Gasteiger charge is -2.39. The summed E-state index contributed by atoms with van der Waals surface area (Å²) in [5, 5.41) is 18.7. The summed E-state index contributed by atoms with van der Waals surface area (Å²) in [5.74, 6) is 6.86. The van der Waals surface area contributed by atoms with E-state index in [0.717, 1.165) is 116 Å². The number of aromatic carboxylic acids is 1. The van der Waals surface area contributed by atoms with E-state index in [9.17, 15) is 57.4 Å². The molecule has 0 aliphatic carbocycles. The average Bonchev–Trinajstić information content (AvgIpc) is 0.907. The Hall–Kier alpha value is -5.31. The van der Waals surface area contributed by atoms with Crippen LogP contribution in [-0.2, 0) is 111 Å². The molecule has 6 aliphatic rings. The van der Waals surface area contributed by atoms with Crippen LogP contribution < -0.4 is 46.7 Å². The number of rotatable bonds is 37. The van der Waals surface area contributed by atoms with Gasteiger partial charge in [-0.25, -0.2) is 27.9 Å². The lowest BCUT2D eigenvalue weighted by molar-refractivity contribution is -0.141. The van der Waals surface area contributed by atoms with Crippen molar-refractivity contribution in [2.75, 3.05) is 115 Å². The second-order valence-electron chi connectivity index (χ2n) is 26.0. The molecule has 8 N–H and O–H groups in total. The summed E-state index contributed by atoms with van der Waals surface area (Å²) in [6.07, 6.45) is 8.65. The highest BCUT2D eigenvalue weighted by Gasteiger charge is 2.44. The Labute approximate surface area is 622 Å². The predicted octanol–water partition coefficient (Wildman–Crippen LogP) is 5.98. The van der Waals surface area contributed by atoms with Crippen LogP contribution in [0.1, 0.15) is 158 Å². The molecule has 7 heterocycles. The average molecular weight is 1600 g/mol. The van der Waals surface area contributed by atoms with E-state index in [2.05, 4.69) is 76.1 Å². The van der Waals surface area contributed by atoms with Crippen molar-refractivity contribution >= 4 is 101 Å². The third kappa shape index (κ3) is 23.8. The van der Waals surface area contributed by atoms with Crippen molar-refractivity contribution in [3.63, 3.8) is 0 Å². The number of aromatic nitrogens is 2. The fourth-order valence-electron chi connectivity index (χ4n) is 13.1. The molecule has 0 saturated carbocycles. The maximum absolute atomic E-state index is 13.9. The number of carboxylic acid groups (broad SMARTS) is 1. The smallest absolute Gasteiger partial charge is 0.478 e. The van der Waals surface area contributed by atoms with Gasteiger partial charge in [-0.2, -0.15) is 8.62 Å². The van der Waals surface area contributed by atoms with Crippen molar-refractivity contribution in [1.29, 1.82) is 0 Å². The van der Waals surface area contributed by atoms with E-state index in [0.29, 0.717) is 88.3 Å². The molecule has 3 aromatic carbocycles. The van der Waals surface area contributed by atoms with Crippen molar-refractivity contribution in [2.24, 2.45) is 0 Å². The molecule has 0 radical (unpaired) electrons. The first-order valence-electron chi connectivity index (χ1n) is 34.7. The van der Waals surface area contributed by atoms with E-state index in [4.69, 9.17) is 54.1 Å². The highest BCUT2D eigenvalue weighted by molar-refractivity contribution is 8.77. The minimum absolute atomic E-state index is 0.00396. The zero-order valence-electron chi connectivity index (χ0n) is 59.2. The predicted molar refractivity (Wildman–Crippen MR) is 398 cm³/mol. The SMILES string of the molecule is CC(=O)OCCCOCSSC(C)(C)CCC(=O)NCCOCCOCCCC(=O)c1ccc(C(=O)O)c(C2=c3cc4c5c(c3Oc3c2cc2c6c3CCCN6CCC2)CCC[N+]=5CCC4)c1.CCS(=S)COC1C[C@H](n2cc(C#CCNC)c(=O)[nH]c2=O)O[C@@H]1COP(=O)(O)OP(=O)(O)OP(=O)(O)O. The summed E-state index contributed by atoms with van der Waals surface area (Å²) in [7, 11) is -12.3. The Morgan fingerprint density at radius 2 is 1.58 bits per heavy atom. The van der Waals surface area contributed by atoms with Crippen LogP contribution in [0.4, 0.5) is 5.69 Å². The molecule has 10 rings (SSSR count). The van der Waals surface area contributed by atoms with Crippen molar-refractivity contribution in [3.05, 3.63) is 118 Å². The van der Waals surface area contributed by atoms with Crippen LogP contribution in [0, 0.1) is 11.8 Å². The van der Waals surface area contributed by atoms with Crippen molar-refractivity contribution in [3.8, 4) is 23.3 Å². The number of aryl methyl sites for hydroxylation is 2. The normalized spacial score (nSPS) is 18.6. The third-order valence-corrected chi connectivity index (χ3v) is 26.6. The van der Waals surface area contributed by atoms with Gasteiger partial charge in [0.2, 0.25) is 11.3 Å². The van der Waals surface area contributed by atoms with Crippen LogP contribution in [0.25, 0.3) is 5.57 Å². The molecule has 105 heavy (non-hydrogen) atoms. The summed E-state index contributed by atoms with van der Waals surface area (Å²) in [4.78, 5) is 116. The fraction of sp³-hybridized carbons (Fsp3) is 0.574. The van der Waals surface area contributed by atoms with Crippen LogP contribution in [0.15, 0.2) is 46.1 Å². The van der Waals surface area contributed by atoms with Crippen LogP contribution in [0.3, 0.4) is 0 Å². The number of H-pyrrole nitrogens is 1. The zero-order valence-corrected chi connectivity index (χ0v) is 65.2. The Kier molecular flexibility index (Phi) is 31.0. The molecule has 0 spiro atoms. The molecule has 37 heteroatoms. The summed E-state index contributed by atoms with van der Waals surface area (Å²) >= 11 is 5.24. The van der Waals surface area contributed by atoms with Crippen LogP contribution in [-0.4, -0.2) is 185 Å². The van der Waals surface area contributed by atoms with E-state index in [1.807, 2.05) is 13.0 Å². The van der Waals surface area contributed by atoms with Crippen LogP contribution >= 0.6 is 45.1 Å². The molecule has 4 aromatic rings. The number of anilines is 1.